The smallest absolute Gasteiger partial charge is 0.656 e. The van der Waals surface area contributed by atoms with Gasteiger partial charge < -0.3 is 9.97 Å². The summed E-state index contributed by atoms with van der Waals surface area (Å²) in [4.78, 5) is 20.1. The van der Waals surface area contributed by atoms with Crippen LogP contribution in [0.25, 0.3) is 68.4 Å². The van der Waals surface area contributed by atoms with Crippen LogP contribution in [0.5, 0.6) is 0 Å². The Morgan fingerprint density at radius 2 is 0.747 bits per heavy atom. The molecule has 0 fully saturated rings. The predicted octanol–water partition coefficient (Wildman–Crippen LogP) is 20.1. The summed E-state index contributed by atoms with van der Waals surface area (Å²) < 4.78 is 0. The molecule has 0 N–H and O–H groups in total. The Hall–Kier alpha value is -7.30. The van der Waals surface area contributed by atoms with Gasteiger partial charge in [0.2, 0.25) is 0 Å². The summed E-state index contributed by atoms with van der Waals surface area (Å²) in [5.41, 5.74) is 21.0. The minimum absolute atomic E-state index is 0. The molecule has 79 heavy (non-hydrogen) atoms. The van der Waals surface area contributed by atoms with Gasteiger partial charge in [0.1, 0.15) is 0 Å². The number of aromatic nitrogens is 2. The summed E-state index contributed by atoms with van der Waals surface area (Å²) in [6, 6.07) is 48.4. The third kappa shape index (κ3) is 13.6. The fourth-order valence-corrected chi connectivity index (χ4v) is 10.2. The fourth-order valence-electron chi connectivity index (χ4n) is 10.2. The van der Waals surface area contributed by atoms with Gasteiger partial charge in [-0.2, -0.15) is 0 Å². The maximum absolute atomic E-state index is 5.19. The van der Waals surface area contributed by atoms with Crippen LogP contribution in [-0.2, 0) is 27.9 Å². The van der Waals surface area contributed by atoms with Crippen molar-refractivity contribution >= 4 is 57.3 Å². The molecule has 10 rings (SSSR count). The Morgan fingerprint density at radius 1 is 0.392 bits per heavy atom. The van der Waals surface area contributed by atoms with Gasteiger partial charge in [-0.25, -0.2) is 9.98 Å². The van der Waals surface area contributed by atoms with E-state index in [4.69, 9.17) is 20.0 Å². The molecular weight excluding hydrogens is 1010 g/mol. The van der Waals surface area contributed by atoms with E-state index >= 15 is 0 Å². The second kappa shape index (κ2) is 24.4. The summed E-state index contributed by atoms with van der Waals surface area (Å²) in [7, 11) is 0. The first kappa shape index (κ1) is 57.9. The van der Waals surface area contributed by atoms with Crippen LogP contribution in [0.4, 0.5) is 0 Å². The number of aliphatic imine (C=N–C) groups is 2. The van der Waals surface area contributed by atoms with Crippen molar-refractivity contribution in [2.24, 2.45) is 9.98 Å². The van der Waals surface area contributed by atoms with Crippen molar-refractivity contribution in [1.82, 2.24) is 9.97 Å². The largest absolute Gasteiger partial charge is 2.00 e. The summed E-state index contributed by atoms with van der Waals surface area (Å²) in [6.45, 7) is 31.5. The first-order valence-corrected chi connectivity index (χ1v) is 28.1. The van der Waals surface area contributed by atoms with Gasteiger partial charge in [-0.3, -0.25) is 0 Å². The fraction of sp³-hybridized carbons (Fsp3) is 0.270. The van der Waals surface area contributed by atoms with Gasteiger partial charge in [0.25, 0.3) is 0 Å². The number of fused-ring (bicyclic) bond motifs is 2. The van der Waals surface area contributed by atoms with Crippen LogP contribution in [0.15, 0.2) is 191 Å². The molecule has 0 saturated heterocycles. The van der Waals surface area contributed by atoms with Crippen LogP contribution >= 0.6 is 0 Å². The maximum Gasteiger partial charge on any atom is 2.00 e. The average molecular weight is 1090 g/mol. The number of allylic oxidation sites excluding steroid dienone is 6. The monoisotopic (exact) mass is 1090 g/mol. The van der Waals surface area contributed by atoms with Gasteiger partial charge in [-0.1, -0.05) is 255 Å². The van der Waals surface area contributed by atoms with E-state index < -0.39 is 0 Å². The van der Waals surface area contributed by atoms with E-state index in [-0.39, 0.29) is 27.9 Å². The van der Waals surface area contributed by atoms with Crippen molar-refractivity contribution in [3.8, 4) is 22.5 Å². The van der Waals surface area contributed by atoms with Crippen LogP contribution in [0, 0.1) is 0 Å². The molecule has 0 amide bonds. The first-order valence-electron chi connectivity index (χ1n) is 28.1. The second-order valence-corrected chi connectivity index (χ2v) is 24.4. The number of nitrogens with zero attached hydrogens (tertiary/aromatic N) is 4. The molecule has 5 heteroatoms. The van der Waals surface area contributed by atoms with Crippen LogP contribution in [-0.4, -0.2) is 11.4 Å². The van der Waals surface area contributed by atoms with E-state index in [0.717, 1.165) is 56.4 Å². The molecule has 0 aliphatic carbocycles. The Kier molecular flexibility index (Phi) is 17.9. The number of rotatable bonds is 12. The minimum atomic E-state index is 0. The molecule has 4 heterocycles. The van der Waals surface area contributed by atoms with Crippen molar-refractivity contribution in [2.75, 3.05) is 0 Å². The SMILES string of the molecule is CC(C)c1ccc(-c2[n-]c(/C=C3/C=CC(/C=C/c4ccc(C(C)(C)C)cc4)=N3)c3ccccc23)c(C(C)C)c1.CC(C)c1ccc(-c2[n-]c(/C=C3/C=CC(/C=C/c4ccc(C(C)(C)C)cc4)=N3)c3ccccc23)c(C(C)C)c1.[Cu+2]. The predicted molar refractivity (Wildman–Crippen MR) is 339 cm³/mol. The summed E-state index contributed by atoms with van der Waals surface area (Å²) in [6.07, 6.45) is 20.9. The molecule has 0 spiro atoms. The van der Waals surface area contributed by atoms with Crippen LogP contribution < -0.4 is 9.97 Å². The van der Waals surface area contributed by atoms with Gasteiger partial charge in [0.05, 0.1) is 22.8 Å². The molecule has 0 unspecified atom stereocenters. The van der Waals surface area contributed by atoms with E-state index in [1.807, 2.05) is 0 Å². The zero-order valence-electron chi connectivity index (χ0n) is 48.9. The molecule has 0 atom stereocenters. The summed E-state index contributed by atoms with van der Waals surface area (Å²) >= 11 is 0. The zero-order chi connectivity index (χ0) is 55.5. The van der Waals surface area contributed by atoms with E-state index in [9.17, 15) is 0 Å². The second-order valence-electron chi connectivity index (χ2n) is 24.4. The molecule has 6 aromatic carbocycles. The Bertz CT molecular complexity index is 3480. The summed E-state index contributed by atoms with van der Waals surface area (Å²) in [5, 5.41) is 4.70. The molecule has 0 saturated carbocycles. The third-order valence-corrected chi connectivity index (χ3v) is 15.0. The molecule has 405 valence electrons. The van der Waals surface area contributed by atoms with Gasteiger partial charge in [-0.15, -0.1) is 22.8 Å². The van der Waals surface area contributed by atoms with Crippen molar-refractivity contribution < 1.29 is 17.1 Å². The van der Waals surface area contributed by atoms with Gasteiger partial charge in [-0.05, 0) is 148 Å². The third-order valence-electron chi connectivity index (χ3n) is 15.0. The molecule has 1 radical (unpaired) electrons. The minimum Gasteiger partial charge on any atom is -0.656 e. The number of benzene rings is 6. The first-order chi connectivity index (χ1) is 37.2. The van der Waals surface area contributed by atoms with Crippen molar-refractivity contribution in [3.63, 3.8) is 0 Å². The van der Waals surface area contributed by atoms with E-state index in [2.05, 4.69) is 291 Å². The van der Waals surface area contributed by atoms with E-state index in [1.54, 1.807) is 0 Å². The van der Waals surface area contributed by atoms with Gasteiger partial charge >= 0.3 is 17.1 Å². The zero-order valence-corrected chi connectivity index (χ0v) is 49.8. The molecular formula is C74H78CuN4. The number of hydrogen-bond acceptors (Lipinski definition) is 2. The van der Waals surface area contributed by atoms with Crippen LogP contribution in [0.1, 0.15) is 176 Å². The molecule has 2 aliphatic heterocycles. The molecule has 2 aromatic heterocycles. The molecule has 2 aliphatic rings. The maximum atomic E-state index is 5.19. The van der Waals surface area contributed by atoms with Crippen molar-refractivity contribution in [3.05, 3.63) is 237 Å². The van der Waals surface area contributed by atoms with Gasteiger partial charge in [0, 0.05) is 0 Å². The molecule has 8 aromatic rings. The van der Waals surface area contributed by atoms with Gasteiger partial charge in [0.15, 0.2) is 0 Å². The quantitative estimate of drug-likeness (QED) is 0.115. The number of hydrogen-bond donors (Lipinski definition) is 0. The Labute approximate surface area is 482 Å². The molecule has 0 bridgehead atoms. The van der Waals surface area contributed by atoms with E-state index in [1.165, 1.54) is 66.4 Å². The summed E-state index contributed by atoms with van der Waals surface area (Å²) in [5.74, 6) is 1.83. The molecule has 4 nitrogen and oxygen atoms in total. The van der Waals surface area contributed by atoms with E-state index in [0.29, 0.717) is 23.7 Å². The Balaban J connectivity index is 0.000000205. The van der Waals surface area contributed by atoms with Crippen molar-refractivity contribution in [1.29, 1.82) is 0 Å². The normalized spacial score (nSPS) is 14.8. The van der Waals surface area contributed by atoms with Crippen LogP contribution in [0.3, 0.4) is 0 Å². The van der Waals surface area contributed by atoms with Crippen LogP contribution in [0.2, 0.25) is 0 Å². The average Bonchev–Trinajstić information content (AvgIpc) is 4.24. The topological polar surface area (TPSA) is 52.9 Å². The Morgan fingerprint density at radius 3 is 1.08 bits per heavy atom. The van der Waals surface area contributed by atoms with Crippen molar-refractivity contribution in [2.45, 2.75) is 131 Å². The standard InChI is InChI=1S/2C37H39N2.Cu/c2*1-24(2)27-15-21-33(34(22-27)25(3)4)36-32-11-9-8-10-31(32)35(39-36)23-30-20-19-29(38-30)18-14-26-12-16-28(17-13-26)37(5,6)7;/h2*8-25H,1-7H3;/q2*-1;+2/b2*18-14+,30-23-;.